The third-order valence-electron chi connectivity index (χ3n) is 14.5. The highest BCUT2D eigenvalue weighted by atomic mass is 16.3. The molecule has 0 unspecified atom stereocenters. The molecule has 318 valence electrons. The lowest BCUT2D eigenvalue weighted by atomic mass is 9.44. The molecule has 5 heteroatoms. The normalized spacial score (nSPS) is 13.3. The van der Waals surface area contributed by atoms with Gasteiger partial charge < -0.3 is 18.7 Å². The Bertz CT molecular complexity index is 3750. The zero-order chi connectivity index (χ0) is 44.8. The first-order valence-electron chi connectivity index (χ1n) is 23.4. The fourth-order valence-electron chi connectivity index (χ4n) is 11.3. The lowest BCUT2D eigenvalue weighted by molar-refractivity contribution is 0.590. The minimum Gasteiger partial charge on any atom is -0.454 e. The summed E-state index contributed by atoms with van der Waals surface area (Å²) in [4.78, 5) is 5.04. The third kappa shape index (κ3) is 5.59. The molecule has 2 aliphatic rings. The number of hydrogen-bond acceptors (Lipinski definition) is 3. The van der Waals surface area contributed by atoms with E-state index in [1.165, 1.54) is 77.0 Å². The lowest BCUT2D eigenvalue weighted by Crippen LogP contribution is -2.60. The van der Waals surface area contributed by atoms with Crippen molar-refractivity contribution in [2.75, 3.05) is 9.71 Å². The van der Waals surface area contributed by atoms with Crippen LogP contribution in [0.1, 0.15) is 58.2 Å². The van der Waals surface area contributed by atoms with Crippen LogP contribution in [0.4, 0.5) is 28.4 Å². The standard InChI is InChI=1S/C61H50BN3O/c1-37-34-49-45-32-31-43(63(41-27-23-39(24-28-41)60(2,3)4)42-29-25-40(26-30-42)61(5,6)7)36-53(45)65(52-20-13-17-47-46-16-10-11-21-55(46)66-59(47)52)62-50-19-12-18-48-56-44-15-9-8-14-38(44)22-33-51(56)64(58(48)50)54(35-37)57(49)62/h8-36H,1-7H3. The van der Waals surface area contributed by atoms with E-state index >= 15 is 0 Å². The second-order valence-corrected chi connectivity index (χ2v) is 20.7. The molecule has 2 aromatic heterocycles. The van der Waals surface area contributed by atoms with E-state index in [-0.39, 0.29) is 17.7 Å². The Balaban J connectivity index is 1.12. The van der Waals surface area contributed by atoms with Crippen molar-refractivity contribution in [2.24, 2.45) is 0 Å². The highest BCUT2D eigenvalue weighted by molar-refractivity contribution is 6.93. The highest BCUT2D eigenvalue weighted by Crippen LogP contribution is 2.50. The van der Waals surface area contributed by atoms with Crippen LogP contribution in [0.3, 0.4) is 0 Å². The molecule has 0 N–H and O–H groups in total. The minimum atomic E-state index is -0.158. The number of nitrogens with zero attached hydrogens (tertiary/aromatic N) is 3. The van der Waals surface area contributed by atoms with Crippen LogP contribution in [0.5, 0.6) is 0 Å². The molecule has 0 saturated carbocycles. The first kappa shape index (κ1) is 38.9. The Morgan fingerprint density at radius 3 is 1.86 bits per heavy atom. The van der Waals surface area contributed by atoms with E-state index in [9.17, 15) is 0 Å². The maximum absolute atomic E-state index is 6.98. The van der Waals surface area contributed by atoms with Crippen LogP contribution in [0, 0.1) is 6.92 Å². The number of rotatable bonds is 4. The SMILES string of the molecule is Cc1cc2c3c(c1)-n1c4ccc5ccccc5c4c4cccc(c41)B3N(c1cccc3c1oc1ccccc13)c1cc(N(c3ccc(C(C)(C)C)cc3)c3ccc(C(C)(C)C)cc3)ccc1-2. The zero-order valence-electron chi connectivity index (χ0n) is 38.6. The Morgan fingerprint density at radius 2 is 1.14 bits per heavy atom. The van der Waals surface area contributed by atoms with Gasteiger partial charge in [-0.2, -0.15) is 0 Å². The molecule has 9 aromatic carbocycles. The molecule has 0 fully saturated rings. The molecule has 4 nitrogen and oxygen atoms in total. The third-order valence-corrected chi connectivity index (χ3v) is 14.5. The molecule has 4 heterocycles. The molecule has 0 amide bonds. The van der Waals surface area contributed by atoms with Crippen LogP contribution in [-0.2, 0) is 10.8 Å². The van der Waals surface area contributed by atoms with Crippen molar-refractivity contribution >= 4 is 101 Å². The van der Waals surface area contributed by atoms with E-state index < -0.39 is 0 Å². The first-order chi connectivity index (χ1) is 31.9. The van der Waals surface area contributed by atoms with E-state index in [0.29, 0.717) is 0 Å². The predicted molar refractivity (Wildman–Crippen MR) is 281 cm³/mol. The molecule has 2 aliphatic heterocycles. The zero-order valence-corrected chi connectivity index (χ0v) is 38.6. The quantitative estimate of drug-likeness (QED) is 0.165. The molecule has 0 spiro atoms. The van der Waals surface area contributed by atoms with E-state index in [2.05, 4.69) is 239 Å². The Labute approximate surface area is 386 Å². The van der Waals surface area contributed by atoms with Crippen LogP contribution in [-0.4, -0.2) is 11.4 Å². The monoisotopic (exact) mass is 851 g/mol. The molecular formula is C61H50BN3O. The average Bonchev–Trinajstić information content (AvgIpc) is 3.87. The number of hydrogen-bond donors (Lipinski definition) is 0. The number of para-hydroxylation sites is 3. The first-order valence-corrected chi connectivity index (χ1v) is 23.4. The number of fused-ring (bicyclic) bond motifs is 12. The van der Waals surface area contributed by atoms with Gasteiger partial charge in [-0.05, 0) is 122 Å². The summed E-state index contributed by atoms with van der Waals surface area (Å²) in [7, 11) is 0. The summed E-state index contributed by atoms with van der Waals surface area (Å²) in [5.41, 5.74) is 20.0. The van der Waals surface area contributed by atoms with Crippen molar-refractivity contribution in [3.63, 3.8) is 0 Å². The lowest BCUT2D eigenvalue weighted by Gasteiger charge is -2.42. The van der Waals surface area contributed by atoms with Gasteiger partial charge in [0.05, 0.1) is 16.7 Å². The average molecular weight is 852 g/mol. The smallest absolute Gasteiger partial charge is 0.333 e. The second kappa shape index (κ2) is 13.8. The van der Waals surface area contributed by atoms with Gasteiger partial charge in [-0.15, -0.1) is 0 Å². The Kier molecular flexibility index (Phi) is 8.12. The molecule has 0 bridgehead atoms. The number of benzene rings is 9. The number of aromatic nitrogens is 1. The summed E-state index contributed by atoms with van der Waals surface area (Å²) in [6.45, 7) is 15.8. The summed E-state index contributed by atoms with van der Waals surface area (Å²) in [5, 5.41) is 7.35. The van der Waals surface area contributed by atoms with Gasteiger partial charge in [0, 0.05) is 55.5 Å². The fourth-order valence-corrected chi connectivity index (χ4v) is 11.3. The van der Waals surface area contributed by atoms with Crippen molar-refractivity contribution in [2.45, 2.75) is 59.3 Å². The maximum atomic E-state index is 6.98. The van der Waals surface area contributed by atoms with E-state index in [0.717, 1.165) is 50.4 Å². The van der Waals surface area contributed by atoms with Gasteiger partial charge in [-0.3, -0.25) is 0 Å². The van der Waals surface area contributed by atoms with E-state index in [1.54, 1.807) is 0 Å². The largest absolute Gasteiger partial charge is 0.454 e. The van der Waals surface area contributed by atoms with Crippen molar-refractivity contribution in [1.29, 1.82) is 0 Å². The van der Waals surface area contributed by atoms with Gasteiger partial charge in [-0.25, -0.2) is 0 Å². The molecule has 11 aromatic rings. The number of aryl methyl sites for hydroxylation is 1. The van der Waals surface area contributed by atoms with Gasteiger partial charge in [0.25, 0.3) is 0 Å². The maximum Gasteiger partial charge on any atom is 0.333 e. The van der Waals surface area contributed by atoms with E-state index in [4.69, 9.17) is 4.42 Å². The van der Waals surface area contributed by atoms with Crippen LogP contribution in [0.15, 0.2) is 180 Å². The molecule has 0 aliphatic carbocycles. The number of anilines is 5. The van der Waals surface area contributed by atoms with Gasteiger partial charge in [0.15, 0.2) is 5.58 Å². The van der Waals surface area contributed by atoms with Crippen LogP contribution < -0.4 is 20.6 Å². The van der Waals surface area contributed by atoms with Crippen LogP contribution in [0.2, 0.25) is 0 Å². The Hall–Kier alpha value is -7.50. The van der Waals surface area contributed by atoms with E-state index in [1.807, 2.05) is 0 Å². The van der Waals surface area contributed by atoms with Crippen molar-refractivity contribution in [3.05, 3.63) is 193 Å². The van der Waals surface area contributed by atoms with Crippen LogP contribution >= 0.6 is 0 Å². The van der Waals surface area contributed by atoms with Gasteiger partial charge in [0.2, 0.25) is 0 Å². The minimum absolute atomic E-state index is 0.0355. The van der Waals surface area contributed by atoms with Crippen LogP contribution in [0.25, 0.3) is 71.3 Å². The molecule has 66 heavy (non-hydrogen) atoms. The molecule has 0 saturated heterocycles. The summed E-state index contributed by atoms with van der Waals surface area (Å²) in [6.07, 6.45) is 0. The van der Waals surface area contributed by atoms with Crippen molar-refractivity contribution in [3.8, 4) is 16.8 Å². The van der Waals surface area contributed by atoms with Gasteiger partial charge >= 0.3 is 6.85 Å². The predicted octanol–water partition coefficient (Wildman–Crippen LogP) is 15.4. The fraction of sp³-hybridized carbons (Fsp3) is 0.148. The molecule has 0 atom stereocenters. The Morgan fingerprint density at radius 1 is 0.500 bits per heavy atom. The highest BCUT2D eigenvalue weighted by Gasteiger charge is 2.45. The summed E-state index contributed by atoms with van der Waals surface area (Å²) in [6, 6.07) is 65.9. The summed E-state index contributed by atoms with van der Waals surface area (Å²) >= 11 is 0. The second-order valence-electron chi connectivity index (χ2n) is 20.7. The molecule has 0 radical (unpaired) electrons. The summed E-state index contributed by atoms with van der Waals surface area (Å²) < 4.78 is 9.54. The molecular weight excluding hydrogens is 802 g/mol. The topological polar surface area (TPSA) is 24.6 Å². The van der Waals surface area contributed by atoms with Crippen molar-refractivity contribution < 1.29 is 4.42 Å². The van der Waals surface area contributed by atoms with Crippen molar-refractivity contribution in [1.82, 2.24) is 4.57 Å². The molecule has 13 rings (SSSR count). The summed E-state index contributed by atoms with van der Waals surface area (Å²) in [5.74, 6) is 0. The number of furan rings is 1. The van der Waals surface area contributed by atoms with Gasteiger partial charge in [-0.1, -0.05) is 157 Å². The van der Waals surface area contributed by atoms with Gasteiger partial charge in [0.1, 0.15) is 5.58 Å².